The Morgan fingerprint density at radius 3 is 2.68 bits per heavy atom. The van der Waals surface area contributed by atoms with Gasteiger partial charge in [-0.3, -0.25) is 9.55 Å². The Balaban J connectivity index is 1.78. The van der Waals surface area contributed by atoms with Crippen molar-refractivity contribution in [3.05, 3.63) is 64.9 Å². The number of imidazole rings is 2. The summed E-state index contributed by atoms with van der Waals surface area (Å²) in [6, 6.07) is 7.13. The largest absolute Gasteiger partial charge is 0.317 e. The third-order valence-corrected chi connectivity index (χ3v) is 4.45. The van der Waals surface area contributed by atoms with Crippen molar-refractivity contribution in [1.82, 2.24) is 24.1 Å². The summed E-state index contributed by atoms with van der Waals surface area (Å²) in [7, 11) is 0. The molecule has 0 N–H and O–H groups in total. The summed E-state index contributed by atoms with van der Waals surface area (Å²) in [5.41, 5.74) is 2.96. The van der Waals surface area contributed by atoms with Gasteiger partial charge in [0.15, 0.2) is 6.80 Å². The highest BCUT2D eigenvalue weighted by molar-refractivity contribution is 6.31. The summed E-state index contributed by atoms with van der Waals surface area (Å²) >= 11 is 12.1. The summed E-state index contributed by atoms with van der Waals surface area (Å²) in [4.78, 5) is 12.8. The zero-order chi connectivity index (χ0) is 17.4. The molecule has 3 aromatic heterocycles. The second kappa shape index (κ2) is 6.46. The Morgan fingerprint density at radius 2 is 1.92 bits per heavy atom. The summed E-state index contributed by atoms with van der Waals surface area (Å²) in [6.45, 7) is -0.189. The van der Waals surface area contributed by atoms with Gasteiger partial charge in [0.05, 0.1) is 30.1 Å². The van der Waals surface area contributed by atoms with Crippen molar-refractivity contribution >= 4 is 34.2 Å². The number of hydrogen-bond acceptors (Lipinski definition) is 3. The van der Waals surface area contributed by atoms with E-state index < -0.39 is 6.80 Å². The molecule has 8 heteroatoms. The summed E-state index contributed by atoms with van der Waals surface area (Å²) in [6.07, 6.45) is 6.62. The Hall–Kier alpha value is -2.44. The van der Waals surface area contributed by atoms with Gasteiger partial charge in [-0.25, -0.2) is 14.4 Å². The van der Waals surface area contributed by atoms with E-state index in [4.69, 9.17) is 23.2 Å². The van der Waals surface area contributed by atoms with Crippen molar-refractivity contribution in [3.8, 4) is 11.4 Å². The van der Waals surface area contributed by atoms with Crippen LogP contribution < -0.4 is 0 Å². The molecule has 0 aliphatic rings. The average molecular weight is 376 g/mol. The fraction of sp³-hybridized carbons (Fsp3) is 0.118. The Morgan fingerprint density at radius 1 is 1.04 bits per heavy atom. The smallest absolute Gasteiger partial charge is 0.167 e. The third kappa shape index (κ3) is 2.99. The van der Waals surface area contributed by atoms with E-state index in [1.807, 2.05) is 6.07 Å². The fourth-order valence-corrected chi connectivity index (χ4v) is 3.08. The van der Waals surface area contributed by atoms with E-state index in [1.165, 1.54) is 4.57 Å². The van der Waals surface area contributed by atoms with Crippen molar-refractivity contribution in [1.29, 1.82) is 0 Å². The number of alkyl halides is 1. The van der Waals surface area contributed by atoms with Gasteiger partial charge >= 0.3 is 0 Å². The molecule has 3 heterocycles. The summed E-state index contributed by atoms with van der Waals surface area (Å²) in [5.74, 6) is 0.505. The van der Waals surface area contributed by atoms with E-state index in [1.54, 1.807) is 47.7 Å². The topological polar surface area (TPSA) is 48.5 Å². The molecule has 0 bridgehead atoms. The van der Waals surface area contributed by atoms with E-state index in [0.29, 0.717) is 33.6 Å². The maximum atomic E-state index is 13.7. The highest BCUT2D eigenvalue weighted by Crippen LogP contribution is 2.27. The summed E-state index contributed by atoms with van der Waals surface area (Å²) in [5, 5.41) is 1.08. The van der Waals surface area contributed by atoms with Crippen LogP contribution >= 0.6 is 23.2 Å². The predicted molar refractivity (Wildman–Crippen MR) is 95.4 cm³/mol. The van der Waals surface area contributed by atoms with Crippen LogP contribution in [0.2, 0.25) is 10.2 Å². The van der Waals surface area contributed by atoms with Crippen LogP contribution in [0.5, 0.6) is 0 Å². The SMILES string of the molecule is FCn1c(-c2cncc(Cn3cncc3Cl)c2)nc2ccc(Cl)cc21. The van der Waals surface area contributed by atoms with E-state index in [9.17, 15) is 4.39 Å². The van der Waals surface area contributed by atoms with E-state index >= 15 is 0 Å². The van der Waals surface area contributed by atoms with Crippen LogP contribution in [0, 0.1) is 0 Å². The maximum Gasteiger partial charge on any atom is 0.167 e. The molecule has 4 rings (SSSR count). The lowest BCUT2D eigenvalue weighted by molar-refractivity contribution is 0.387. The van der Waals surface area contributed by atoms with Crippen LogP contribution in [-0.4, -0.2) is 24.1 Å². The lowest BCUT2D eigenvalue weighted by atomic mass is 10.2. The van der Waals surface area contributed by atoms with Gasteiger partial charge < -0.3 is 4.57 Å². The predicted octanol–water partition coefficient (Wildman–Crippen LogP) is 4.58. The number of rotatable bonds is 4. The first-order valence-corrected chi connectivity index (χ1v) is 8.23. The highest BCUT2D eigenvalue weighted by Gasteiger charge is 2.14. The van der Waals surface area contributed by atoms with Crippen molar-refractivity contribution in [2.75, 3.05) is 0 Å². The second-order valence-electron chi connectivity index (χ2n) is 5.54. The van der Waals surface area contributed by atoms with Crippen molar-refractivity contribution in [3.63, 3.8) is 0 Å². The van der Waals surface area contributed by atoms with Crippen LogP contribution in [0.4, 0.5) is 4.39 Å². The van der Waals surface area contributed by atoms with Crippen LogP contribution in [-0.2, 0) is 13.3 Å². The number of fused-ring (bicyclic) bond motifs is 1. The van der Waals surface area contributed by atoms with Gasteiger partial charge in [-0.1, -0.05) is 23.2 Å². The summed E-state index contributed by atoms with van der Waals surface area (Å²) < 4.78 is 16.9. The van der Waals surface area contributed by atoms with Gasteiger partial charge in [0.1, 0.15) is 11.0 Å². The Bertz CT molecular complexity index is 1060. The molecule has 0 atom stereocenters. The molecule has 0 saturated carbocycles. The zero-order valence-electron chi connectivity index (χ0n) is 12.9. The second-order valence-corrected chi connectivity index (χ2v) is 6.37. The van der Waals surface area contributed by atoms with Crippen molar-refractivity contribution in [2.24, 2.45) is 0 Å². The average Bonchev–Trinajstić information content (AvgIpc) is 3.18. The van der Waals surface area contributed by atoms with Crippen LogP contribution in [0.25, 0.3) is 22.4 Å². The number of nitrogens with zero attached hydrogens (tertiary/aromatic N) is 5. The molecule has 126 valence electrons. The zero-order valence-corrected chi connectivity index (χ0v) is 14.4. The van der Waals surface area contributed by atoms with Gasteiger partial charge in [0.2, 0.25) is 0 Å². The van der Waals surface area contributed by atoms with E-state index in [-0.39, 0.29) is 0 Å². The molecule has 0 amide bonds. The van der Waals surface area contributed by atoms with Crippen molar-refractivity contribution < 1.29 is 4.39 Å². The molecule has 0 unspecified atom stereocenters. The molecule has 1 aromatic carbocycles. The molecular weight excluding hydrogens is 364 g/mol. The number of pyridine rings is 1. The molecule has 5 nitrogen and oxygen atoms in total. The molecule has 0 fully saturated rings. The van der Waals surface area contributed by atoms with Crippen LogP contribution in [0.3, 0.4) is 0 Å². The van der Waals surface area contributed by atoms with Crippen LogP contribution in [0.1, 0.15) is 5.56 Å². The number of benzene rings is 1. The third-order valence-electron chi connectivity index (χ3n) is 3.90. The minimum atomic E-state index is -0.705. The number of aromatic nitrogens is 5. The first-order valence-electron chi connectivity index (χ1n) is 7.47. The minimum Gasteiger partial charge on any atom is -0.317 e. The highest BCUT2D eigenvalue weighted by atomic mass is 35.5. The molecule has 25 heavy (non-hydrogen) atoms. The lowest BCUT2D eigenvalue weighted by Gasteiger charge is -2.07. The van der Waals surface area contributed by atoms with Gasteiger partial charge in [-0.2, -0.15) is 0 Å². The quantitative estimate of drug-likeness (QED) is 0.524. The van der Waals surface area contributed by atoms with Gasteiger partial charge in [0, 0.05) is 23.0 Å². The van der Waals surface area contributed by atoms with Crippen molar-refractivity contribution in [2.45, 2.75) is 13.3 Å². The normalized spacial score (nSPS) is 11.3. The number of hydrogen-bond donors (Lipinski definition) is 0. The first kappa shape index (κ1) is 16.1. The van der Waals surface area contributed by atoms with E-state index in [0.717, 1.165) is 11.1 Å². The Labute approximate surface area is 152 Å². The molecular formula is C17H12Cl2FN5. The molecule has 0 spiro atoms. The molecule has 4 aromatic rings. The molecule has 0 saturated heterocycles. The van der Waals surface area contributed by atoms with Gasteiger partial charge in [-0.15, -0.1) is 0 Å². The first-order chi connectivity index (χ1) is 12.2. The molecule has 0 radical (unpaired) electrons. The monoisotopic (exact) mass is 375 g/mol. The minimum absolute atomic E-state index is 0.505. The number of halogens is 3. The standard InChI is InChI=1S/C17H12Cl2FN5/c18-13-1-2-14-15(4-13)25(9-20)17(23-14)12-3-11(5-21-6-12)8-24-10-22-7-16(24)19/h1-7,10H,8-9H2. The van der Waals surface area contributed by atoms with Gasteiger partial charge in [-0.05, 0) is 29.8 Å². The molecule has 0 aliphatic carbocycles. The lowest BCUT2D eigenvalue weighted by Crippen LogP contribution is -2.01. The Kier molecular flexibility index (Phi) is 4.15. The maximum absolute atomic E-state index is 13.7. The van der Waals surface area contributed by atoms with Crippen LogP contribution in [0.15, 0.2) is 49.2 Å². The molecule has 0 aliphatic heterocycles. The van der Waals surface area contributed by atoms with E-state index in [2.05, 4.69) is 15.0 Å². The fourth-order valence-electron chi connectivity index (χ4n) is 2.75. The van der Waals surface area contributed by atoms with Gasteiger partial charge in [0.25, 0.3) is 0 Å².